The van der Waals surface area contributed by atoms with Gasteiger partial charge in [0.05, 0.1) is 5.69 Å². The Bertz CT molecular complexity index is 717. The number of hydrogen-bond donors (Lipinski definition) is 1. The third kappa shape index (κ3) is 3.81. The Labute approximate surface area is 166 Å². The Balaban J connectivity index is 1.35. The fourth-order valence-electron chi connectivity index (χ4n) is 5.44. The molecule has 1 unspecified atom stereocenters. The van der Waals surface area contributed by atoms with Crippen molar-refractivity contribution in [3.8, 4) is 0 Å². The standard InChI is InChI=1S/C21H32N4O3/c1-15(26)22-17-13-21(24(2)14-17)8-10-25(11-9-21)20(27)19-12-18(23-28-19)16-6-4-3-5-7-16/h12,16-17H,3-11,13-14H2,1-2H3,(H,22,26). The van der Waals surface area contributed by atoms with Gasteiger partial charge >= 0.3 is 0 Å². The third-order valence-electron chi connectivity index (χ3n) is 7.08. The molecule has 1 N–H and O–H groups in total. The summed E-state index contributed by atoms with van der Waals surface area (Å²) >= 11 is 0. The summed E-state index contributed by atoms with van der Waals surface area (Å²) < 4.78 is 5.43. The molecule has 0 bridgehead atoms. The van der Waals surface area contributed by atoms with Crippen molar-refractivity contribution in [3.05, 3.63) is 17.5 Å². The molecule has 4 rings (SSSR count). The molecule has 2 saturated heterocycles. The van der Waals surface area contributed by atoms with Gasteiger partial charge in [-0.05, 0) is 39.2 Å². The van der Waals surface area contributed by atoms with Crippen molar-refractivity contribution in [2.75, 3.05) is 26.7 Å². The lowest BCUT2D eigenvalue weighted by Crippen LogP contribution is -2.52. The number of hydrogen-bond acceptors (Lipinski definition) is 5. The highest BCUT2D eigenvalue weighted by atomic mass is 16.5. The van der Waals surface area contributed by atoms with Crippen LogP contribution in [0.2, 0.25) is 0 Å². The Hall–Kier alpha value is -1.89. The lowest BCUT2D eigenvalue weighted by molar-refractivity contribution is -0.119. The molecule has 1 saturated carbocycles. The Kier molecular flexibility index (Phi) is 5.45. The van der Waals surface area contributed by atoms with Crippen LogP contribution in [0.3, 0.4) is 0 Å². The molecule has 1 aromatic rings. The molecule has 0 aromatic carbocycles. The van der Waals surface area contributed by atoms with Crippen LogP contribution in [0.15, 0.2) is 10.6 Å². The van der Waals surface area contributed by atoms with Crippen molar-refractivity contribution in [1.29, 1.82) is 0 Å². The molecule has 1 atom stereocenters. The zero-order valence-electron chi connectivity index (χ0n) is 17.1. The average molecular weight is 389 g/mol. The van der Waals surface area contributed by atoms with Crippen LogP contribution in [-0.2, 0) is 4.79 Å². The molecule has 3 aliphatic rings. The predicted octanol–water partition coefficient (Wildman–Crippen LogP) is 2.54. The SMILES string of the molecule is CC(=O)NC1CN(C)C2(CCN(C(=O)c3cc(C4CCCCC4)no3)CC2)C1. The third-order valence-corrected chi connectivity index (χ3v) is 7.08. The highest BCUT2D eigenvalue weighted by Gasteiger charge is 2.46. The molecule has 2 amide bonds. The lowest BCUT2D eigenvalue weighted by atomic mass is 9.84. The van der Waals surface area contributed by atoms with Crippen LogP contribution in [0.25, 0.3) is 0 Å². The number of likely N-dealkylation sites (tertiary alicyclic amines) is 2. The van der Waals surface area contributed by atoms with Crippen molar-refractivity contribution >= 4 is 11.8 Å². The predicted molar refractivity (Wildman–Crippen MR) is 105 cm³/mol. The maximum absolute atomic E-state index is 12.9. The molecule has 0 radical (unpaired) electrons. The van der Waals surface area contributed by atoms with Crippen molar-refractivity contribution in [1.82, 2.24) is 20.3 Å². The first-order valence-electron chi connectivity index (χ1n) is 10.7. The number of rotatable bonds is 3. The molecule has 7 nitrogen and oxygen atoms in total. The van der Waals surface area contributed by atoms with Crippen LogP contribution < -0.4 is 5.32 Å². The first kappa shape index (κ1) is 19.4. The van der Waals surface area contributed by atoms with E-state index in [1.54, 1.807) is 6.92 Å². The number of piperidine rings is 1. The minimum absolute atomic E-state index is 0.0298. The van der Waals surface area contributed by atoms with E-state index < -0.39 is 0 Å². The van der Waals surface area contributed by atoms with Gasteiger partial charge in [-0.25, -0.2) is 0 Å². The maximum atomic E-state index is 12.9. The Morgan fingerprint density at radius 2 is 1.93 bits per heavy atom. The molecule has 1 aromatic heterocycles. The fraction of sp³-hybridized carbons (Fsp3) is 0.762. The number of amides is 2. The molecule has 3 fully saturated rings. The summed E-state index contributed by atoms with van der Waals surface area (Å²) in [5.41, 5.74) is 1.03. The minimum atomic E-state index is -0.0385. The van der Waals surface area contributed by atoms with E-state index in [4.69, 9.17) is 4.52 Å². The van der Waals surface area contributed by atoms with Gasteiger partial charge < -0.3 is 14.7 Å². The van der Waals surface area contributed by atoms with E-state index in [1.165, 1.54) is 19.3 Å². The summed E-state index contributed by atoms with van der Waals surface area (Å²) in [6, 6.07) is 2.08. The summed E-state index contributed by atoms with van der Waals surface area (Å²) in [6.45, 7) is 3.89. The molecule has 3 heterocycles. The molecule has 7 heteroatoms. The van der Waals surface area contributed by atoms with E-state index in [-0.39, 0.29) is 23.4 Å². The Morgan fingerprint density at radius 1 is 1.21 bits per heavy atom. The molecule has 28 heavy (non-hydrogen) atoms. The number of nitrogens with one attached hydrogen (secondary N) is 1. The van der Waals surface area contributed by atoms with Gasteiger partial charge in [-0.1, -0.05) is 24.4 Å². The van der Waals surface area contributed by atoms with Gasteiger partial charge in [-0.15, -0.1) is 0 Å². The van der Waals surface area contributed by atoms with Crippen molar-refractivity contribution in [3.63, 3.8) is 0 Å². The molecule has 154 valence electrons. The highest BCUT2D eigenvalue weighted by molar-refractivity contribution is 5.91. The van der Waals surface area contributed by atoms with Crippen LogP contribution >= 0.6 is 0 Å². The van der Waals surface area contributed by atoms with Crippen LogP contribution in [0.5, 0.6) is 0 Å². The zero-order valence-corrected chi connectivity index (χ0v) is 17.1. The van der Waals surface area contributed by atoms with Gasteiger partial charge in [0.1, 0.15) is 0 Å². The van der Waals surface area contributed by atoms with E-state index in [9.17, 15) is 9.59 Å². The van der Waals surface area contributed by atoms with Gasteiger partial charge in [-0.2, -0.15) is 0 Å². The lowest BCUT2D eigenvalue weighted by Gasteiger charge is -2.43. The van der Waals surface area contributed by atoms with E-state index >= 15 is 0 Å². The van der Waals surface area contributed by atoms with Crippen LogP contribution in [0.1, 0.15) is 80.5 Å². The van der Waals surface area contributed by atoms with Crippen molar-refractivity contribution < 1.29 is 14.1 Å². The molecular formula is C21H32N4O3. The summed E-state index contributed by atoms with van der Waals surface area (Å²) in [4.78, 5) is 28.6. The van der Waals surface area contributed by atoms with Crippen LogP contribution in [0.4, 0.5) is 0 Å². The molecule has 2 aliphatic heterocycles. The fourth-order valence-corrected chi connectivity index (χ4v) is 5.44. The van der Waals surface area contributed by atoms with E-state index in [2.05, 4.69) is 22.4 Å². The van der Waals surface area contributed by atoms with Gasteiger partial charge in [0.15, 0.2) is 0 Å². The van der Waals surface area contributed by atoms with Crippen LogP contribution in [0, 0.1) is 0 Å². The Morgan fingerprint density at radius 3 is 2.61 bits per heavy atom. The maximum Gasteiger partial charge on any atom is 0.292 e. The monoisotopic (exact) mass is 388 g/mol. The summed E-state index contributed by atoms with van der Waals surface area (Å²) in [5, 5.41) is 7.26. The number of aromatic nitrogens is 1. The summed E-state index contributed by atoms with van der Waals surface area (Å²) in [6.07, 6.45) is 8.88. The summed E-state index contributed by atoms with van der Waals surface area (Å²) in [7, 11) is 2.13. The number of carbonyl (C=O) groups excluding carboxylic acids is 2. The minimum Gasteiger partial charge on any atom is -0.352 e. The van der Waals surface area contributed by atoms with Gasteiger partial charge in [0, 0.05) is 50.1 Å². The van der Waals surface area contributed by atoms with E-state index in [0.717, 1.165) is 57.4 Å². The summed E-state index contributed by atoms with van der Waals surface area (Å²) in [5.74, 6) is 0.819. The zero-order chi connectivity index (χ0) is 19.7. The second-order valence-electron chi connectivity index (χ2n) is 8.95. The quantitative estimate of drug-likeness (QED) is 0.861. The number of nitrogens with zero attached hydrogens (tertiary/aromatic N) is 3. The number of carbonyl (C=O) groups is 2. The topological polar surface area (TPSA) is 78.7 Å². The first-order valence-corrected chi connectivity index (χ1v) is 10.7. The smallest absolute Gasteiger partial charge is 0.292 e. The molecular weight excluding hydrogens is 356 g/mol. The molecule has 1 spiro atoms. The van der Waals surface area contributed by atoms with Gasteiger partial charge in [0.2, 0.25) is 11.7 Å². The van der Waals surface area contributed by atoms with E-state index in [0.29, 0.717) is 11.7 Å². The largest absolute Gasteiger partial charge is 0.352 e. The van der Waals surface area contributed by atoms with Gasteiger partial charge in [0.25, 0.3) is 5.91 Å². The average Bonchev–Trinajstić information content (AvgIpc) is 3.28. The van der Waals surface area contributed by atoms with E-state index in [1.807, 2.05) is 11.0 Å². The van der Waals surface area contributed by atoms with Crippen molar-refractivity contribution in [2.45, 2.75) is 75.8 Å². The van der Waals surface area contributed by atoms with Gasteiger partial charge in [-0.3, -0.25) is 14.5 Å². The number of likely N-dealkylation sites (N-methyl/N-ethyl adjacent to an activating group) is 1. The normalized spacial score (nSPS) is 25.9. The van der Waals surface area contributed by atoms with Crippen molar-refractivity contribution in [2.24, 2.45) is 0 Å². The first-order chi connectivity index (χ1) is 13.5. The highest BCUT2D eigenvalue weighted by Crippen LogP contribution is 2.38. The second kappa shape index (κ2) is 7.85. The molecule has 1 aliphatic carbocycles. The second-order valence-corrected chi connectivity index (χ2v) is 8.95. The van der Waals surface area contributed by atoms with Crippen LogP contribution in [-0.4, -0.2) is 65.0 Å².